The van der Waals surface area contributed by atoms with Crippen LogP contribution in [0.2, 0.25) is 0 Å². The van der Waals surface area contributed by atoms with Gasteiger partial charge in [-0.1, -0.05) is 54.2 Å². The van der Waals surface area contributed by atoms with E-state index in [1.54, 1.807) is 11.8 Å². The van der Waals surface area contributed by atoms with Gasteiger partial charge in [0.05, 0.1) is 0 Å². The second-order valence-electron chi connectivity index (χ2n) is 4.12. The molecule has 1 unspecified atom stereocenters. The molecule has 18 heavy (non-hydrogen) atoms. The Bertz CT molecular complexity index is 615. The summed E-state index contributed by atoms with van der Waals surface area (Å²) in [5.74, 6) is 0. The van der Waals surface area contributed by atoms with E-state index in [-0.39, 0.29) is 0 Å². The molecule has 2 nitrogen and oxygen atoms in total. The molecule has 0 N–H and O–H groups in total. The highest BCUT2D eigenvalue weighted by Crippen LogP contribution is 2.35. The Kier molecular flexibility index (Phi) is 3.07. The van der Waals surface area contributed by atoms with Gasteiger partial charge in [-0.05, 0) is 24.6 Å². The molecule has 0 bridgehead atoms. The van der Waals surface area contributed by atoms with E-state index in [1.807, 2.05) is 30.3 Å². The molecular weight excluding hydrogens is 242 g/mol. The predicted octanol–water partition coefficient (Wildman–Crippen LogP) is 4.68. The monoisotopic (exact) mass is 255 g/mol. The molecule has 2 aromatic carbocycles. The number of aromatic nitrogens is 1. The minimum atomic E-state index is 0.333. The summed E-state index contributed by atoms with van der Waals surface area (Å²) in [7, 11) is 0. The van der Waals surface area contributed by atoms with Crippen LogP contribution in [-0.2, 0) is 0 Å². The van der Waals surface area contributed by atoms with Gasteiger partial charge in [-0.15, -0.1) is 0 Å². The Morgan fingerprint density at radius 3 is 2.50 bits per heavy atom. The minimum absolute atomic E-state index is 0.333. The first-order valence-corrected chi connectivity index (χ1v) is 6.78. The number of hydrogen-bond acceptors (Lipinski definition) is 3. The summed E-state index contributed by atoms with van der Waals surface area (Å²) in [5.41, 5.74) is 3.05. The van der Waals surface area contributed by atoms with Crippen LogP contribution in [0, 0.1) is 0 Å². The normalized spacial score (nSPS) is 12.7. The van der Waals surface area contributed by atoms with E-state index in [1.165, 1.54) is 5.56 Å². The summed E-state index contributed by atoms with van der Waals surface area (Å²) < 4.78 is 5.71. The maximum atomic E-state index is 5.71. The minimum Gasteiger partial charge on any atom is -0.431 e. The molecule has 3 rings (SSSR count). The topological polar surface area (TPSA) is 26.0 Å². The van der Waals surface area contributed by atoms with Crippen molar-refractivity contribution < 1.29 is 4.42 Å². The van der Waals surface area contributed by atoms with Gasteiger partial charge in [-0.25, -0.2) is 4.98 Å². The lowest BCUT2D eigenvalue weighted by molar-refractivity contribution is 0.488. The molecule has 0 aliphatic rings. The molecule has 0 radical (unpaired) electrons. The Labute approximate surface area is 110 Å². The number of oxazole rings is 1. The van der Waals surface area contributed by atoms with Gasteiger partial charge in [0.2, 0.25) is 0 Å². The van der Waals surface area contributed by atoms with Crippen LogP contribution in [-0.4, -0.2) is 4.98 Å². The second kappa shape index (κ2) is 4.86. The smallest absolute Gasteiger partial charge is 0.257 e. The van der Waals surface area contributed by atoms with Gasteiger partial charge in [-0.3, -0.25) is 0 Å². The van der Waals surface area contributed by atoms with E-state index in [9.17, 15) is 0 Å². The molecule has 0 aliphatic heterocycles. The maximum Gasteiger partial charge on any atom is 0.257 e. The van der Waals surface area contributed by atoms with Gasteiger partial charge >= 0.3 is 0 Å². The third kappa shape index (κ3) is 2.27. The average Bonchev–Trinajstić information content (AvgIpc) is 2.82. The predicted molar refractivity (Wildman–Crippen MR) is 74.7 cm³/mol. The van der Waals surface area contributed by atoms with E-state index < -0.39 is 0 Å². The summed E-state index contributed by atoms with van der Waals surface area (Å²) in [6.07, 6.45) is 0. The van der Waals surface area contributed by atoms with Gasteiger partial charge in [0.25, 0.3) is 5.22 Å². The van der Waals surface area contributed by atoms with Gasteiger partial charge in [0, 0.05) is 5.25 Å². The van der Waals surface area contributed by atoms with Crippen molar-refractivity contribution in [2.24, 2.45) is 0 Å². The van der Waals surface area contributed by atoms with Crippen molar-refractivity contribution in [2.75, 3.05) is 0 Å². The number of rotatable bonds is 3. The van der Waals surface area contributed by atoms with Crippen LogP contribution in [0.1, 0.15) is 17.7 Å². The Balaban J connectivity index is 1.84. The molecule has 3 aromatic rings. The van der Waals surface area contributed by atoms with Crippen LogP contribution < -0.4 is 0 Å². The van der Waals surface area contributed by atoms with Crippen LogP contribution >= 0.6 is 11.8 Å². The molecular formula is C15H13NOS. The zero-order chi connectivity index (χ0) is 12.4. The number of fused-ring (bicyclic) bond motifs is 1. The Hall–Kier alpha value is -1.74. The highest BCUT2D eigenvalue weighted by atomic mass is 32.2. The van der Waals surface area contributed by atoms with Gasteiger partial charge in [0.15, 0.2) is 5.58 Å². The van der Waals surface area contributed by atoms with Crippen LogP contribution in [0.4, 0.5) is 0 Å². The number of para-hydroxylation sites is 2. The van der Waals surface area contributed by atoms with E-state index in [2.05, 4.69) is 36.2 Å². The van der Waals surface area contributed by atoms with Crippen LogP contribution in [0.25, 0.3) is 11.1 Å². The highest BCUT2D eigenvalue weighted by Gasteiger charge is 2.12. The van der Waals surface area contributed by atoms with Crippen molar-refractivity contribution in [1.29, 1.82) is 0 Å². The molecule has 1 heterocycles. The number of thioether (sulfide) groups is 1. The van der Waals surface area contributed by atoms with Gasteiger partial charge in [0.1, 0.15) is 5.52 Å². The van der Waals surface area contributed by atoms with Gasteiger partial charge < -0.3 is 4.42 Å². The highest BCUT2D eigenvalue weighted by molar-refractivity contribution is 7.99. The van der Waals surface area contributed by atoms with E-state index in [4.69, 9.17) is 4.42 Å². The summed E-state index contributed by atoms with van der Waals surface area (Å²) in [5, 5.41) is 1.06. The van der Waals surface area contributed by atoms with Crippen LogP contribution in [0.5, 0.6) is 0 Å². The van der Waals surface area contributed by atoms with Crippen molar-refractivity contribution in [1.82, 2.24) is 4.98 Å². The van der Waals surface area contributed by atoms with E-state index in [0.717, 1.165) is 16.3 Å². The molecule has 1 aromatic heterocycles. The Morgan fingerprint density at radius 1 is 1.00 bits per heavy atom. The van der Waals surface area contributed by atoms with Crippen molar-refractivity contribution in [3.63, 3.8) is 0 Å². The third-order valence-electron chi connectivity index (χ3n) is 2.82. The first kappa shape index (κ1) is 11.4. The second-order valence-corrected chi connectivity index (χ2v) is 5.41. The fourth-order valence-corrected chi connectivity index (χ4v) is 2.73. The summed E-state index contributed by atoms with van der Waals surface area (Å²) >= 11 is 1.64. The van der Waals surface area contributed by atoms with Crippen molar-refractivity contribution in [2.45, 2.75) is 17.4 Å². The molecule has 0 saturated carbocycles. The van der Waals surface area contributed by atoms with Crippen molar-refractivity contribution in [3.8, 4) is 0 Å². The van der Waals surface area contributed by atoms with Crippen LogP contribution in [0.15, 0.2) is 64.2 Å². The molecule has 0 aliphatic carbocycles. The quantitative estimate of drug-likeness (QED) is 0.635. The standard InChI is InChI=1S/C15H13NOS/c1-11(12-7-3-2-4-8-12)18-15-16-13-9-5-6-10-14(13)17-15/h2-11H,1H3. The van der Waals surface area contributed by atoms with Crippen molar-refractivity contribution >= 4 is 22.9 Å². The zero-order valence-corrected chi connectivity index (χ0v) is 10.9. The lowest BCUT2D eigenvalue weighted by Gasteiger charge is -2.07. The average molecular weight is 255 g/mol. The maximum absolute atomic E-state index is 5.71. The Morgan fingerprint density at radius 2 is 1.72 bits per heavy atom. The van der Waals surface area contributed by atoms with E-state index in [0.29, 0.717) is 5.25 Å². The van der Waals surface area contributed by atoms with E-state index >= 15 is 0 Å². The summed E-state index contributed by atoms with van der Waals surface area (Å²) in [6.45, 7) is 2.16. The SMILES string of the molecule is CC(Sc1nc2ccccc2o1)c1ccccc1. The lowest BCUT2D eigenvalue weighted by atomic mass is 10.2. The summed E-state index contributed by atoms with van der Waals surface area (Å²) in [6, 6.07) is 18.2. The largest absolute Gasteiger partial charge is 0.431 e. The fourth-order valence-electron chi connectivity index (χ4n) is 1.84. The first-order valence-electron chi connectivity index (χ1n) is 5.90. The molecule has 90 valence electrons. The van der Waals surface area contributed by atoms with Gasteiger partial charge in [-0.2, -0.15) is 0 Å². The molecule has 1 atom stereocenters. The molecule has 0 saturated heterocycles. The van der Waals surface area contributed by atoms with Crippen LogP contribution in [0.3, 0.4) is 0 Å². The molecule has 3 heteroatoms. The zero-order valence-electron chi connectivity index (χ0n) is 10.0. The van der Waals surface area contributed by atoms with Crippen molar-refractivity contribution in [3.05, 3.63) is 60.2 Å². The lowest BCUT2D eigenvalue weighted by Crippen LogP contribution is -1.87. The number of hydrogen-bond donors (Lipinski definition) is 0. The third-order valence-corrected chi connectivity index (χ3v) is 3.82. The molecule has 0 spiro atoms. The molecule has 0 amide bonds. The number of benzene rings is 2. The summed E-state index contributed by atoms with van der Waals surface area (Å²) in [4.78, 5) is 4.47. The molecule has 0 fully saturated rings. The number of nitrogens with zero attached hydrogens (tertiary/aromatic N) is 1. The fraction of sp³-hybridized carbons (Fsp3) is 0.133. The first-order chi connectivity index (χ1) is 8.83.